The maximum absolute atomic E-state index is 10.2. The summed E-state index contributed by atoms with van der Waals surface area (Å²) in [6.45, 7) is 8.00. The Morgan fingerprint density at radius 3 is 2.84 bits per heavy atom. The molecule has 0 aromatic heterocycles. The summed E-state index contributed by atoms with van der Waals surface area (Å²) in [5.41, 5.74) is 1.01. The number of benzene rings is 1. The molecule has 1 aromatic rings. The van der Waals surface area contributed by atoms with Crippen molar-refractivity contribution in [3.05, 3.63) is 34.3 Å². The molecule has 1 aromatic carbocycles. The average Bonchev–Trinajstić information content (AvgIpc) is 2.85. The second-order valence-electron chi connectivity index (χ2n) is 5.95. The predicted molar refractivity (Wildman–Crippen MR) is 83.1 cm³/mol. The zero-order valence-electron chi connectivity index (χ0n) is 11.8. The largest absolute Gasteiger partial charge is 0.388 e. The van der Waals surface area contributed by atoms with E-state index in [0.717, 1.165) is 34.8 Å². The number of nitrogens with zero attached hydrogens (tertiary/aromatic N) is 1. The van der Waals surface area contributed by atoms with Crippen LogP contribution < -0.4 is 0 Å². The molecule has 2 atom stereocenters. The van der Waals surface area contributed by atoms with Crippen LogP contribution in [0.3, 0.4) is 0 Å². The van der Waals surface area contributed by atoms with E-state index in [1.54, 1.807) is 0 Å². The van der Waals surface area contributed by atoms with Crippen LogP contribution in [0.2, 0.25) is 0 Å². The molecule has 19 heavy (non-hydrogen) atoms. The van der Waals surface area contributed by atoms with Gasteiger partial charge in [0.1, 0.15) is 0 Å². The van der Waals surface area contributed by atoms with Crippen LogP contribution in [0.15, 0.2) is 28.7 Å². The van der Waals surface area contributed by atoms with Crippen molar-refractivity contribution in [1.82, 2.24) is 4.90 Å². The minimum Gasteiger partial charge on any atom is -0.388 e. The van der Waals surface area contributed by atoms with Crippen LogP contribution in [0.5, 0.6) is 0 Å². The van der Waals surface area contributed by atoms with Crippen LogP contribution in [0, 0.1) is 11.8 Å². The number of hydrogen-bond acceptors (Lipinski definition) is 2. The van der Waals surface area contributed by atoms with E-state index in [9.17, 15) is 5.11 Å². The fourth-order valence-electron chi connectivity index (χ4n) is 2.80. The van der Waals surface area contributed by atoms with Crippen LogP contribution in [-0.2, 0) is 0 Å². The molecule has 1 saturated heterocycles. The average molecular weight is 326 g/mol. The molecule has 0 spiro atoms. The van der Waals surface area contributed by atoms with Crippen molar-refractivity contribution >= 4 is 15.9 Å². The molecule has 1 heterocycles. The van der Waals surface area contributed by atoms with Crippen molar-refractivity contribution in [2.24, 2.45) is 11.8 Å². The molecule has 3 heteroatoms. The summed E-state index contributed by atoms with van der Waals surface area (Å²) in [5.74, 6) is 1.61. The molecular weight excluding hydrogens is 302 g/mol. The molecule has 0 aliphatic carbocycles. The van der Waals surface area contributed by atoms with Gasteiger partial charge in [-0.1, -0.05) is 41.9 Å². The van der Waals surface area contributed by atoms with Crippen molar-refractivity contribution in [1.29, 1.82) is 0 Å². The van der Waals surface area contributed by atoms with Gasteiger partial charge in [0.15, 0.2) is 0 Å². The van der Waals surface area contributed by atoms with E-state index in [1.165, 1.54) is 19.5 Å². The zero-order chi connectivity index (χ0) is 13.8. The van der Waals surface area contributed by atoms with E-state index in [1.807, 2.05) is 24.3 Å². The molecule has 2 nitrogen and oxygen atoms in total. The third-order valence-electron chi connectivity index (χ3n) is 4.20. The summed E-state index contributed by atoms with van der Waals surface area (Å²) in [7, 11) is 0. The van der Waals surface area contributed by atoms with Crippen molar-refractivity contribution in [3.63, 3.8) is 0 Å². The molecule has 0 bridgehead atoms. The number of aliphatic hydroxyl groups is 1. The molecule has 0 amide bonds. The van der Waals surface area contributed by atoms with Crippen LogP contribution in [0.25, 0.3) is 0 Å². The molecule has 2 rings (SSSR count). The van der Waals surface area contributed by atoms with Gasteiger partial charge in [-0.15, -0.1) is 0 Å². The Morgan fingerprint density at radius 1 is 1.42 bits per heavy atom. The van der Waals surface area contributed by atoms with E-state index < -0.39 is 0 Å². The third-order valence-corrected chi connectivity index (χ3v) is 4.70. The normalized spacial score (nSPS) is 22.1. The van der Waals surface area contributed by atoms with Crippen LogP contribution in [-0.4, -0.2) is 29.6 Å². The second-order valence-corrected chi connectivity index (χ2v) is 6.87. The van der Waals surface area contributed by atoms with Gasteiger partial charge >= 0.3 is 0 Å². The SMILES string of the molecule is CC(C)C1CCN(CCC(O)c2cccc(Br)c2)C1. The predicted octanol–water partition coefficient (Wildman–Crippen LogP) is 3.85. The molecule has 2 unspecified atom stereocenters. The second kappa shape index (κ2) is 6.87. The molecule has 1 aliphatic heterocycles. The van der Waals surface area contributed by atoms with Crippen molar-refractivity contribution in [2.75, 3.05) is 19.6 Å². The van der Waals surface area contributed by atoms with Crippen LogP contribution in [0.4, 0.5) is 0 Å². The molecule has 106 valence electrons. The molecule has 1 fully saturated rings. The van der Waals surface area contributed by atoms with Gasteiger partial charge in [-0.05, 0) is 48.9 Å². The first-order valence-corrected chi connectivity index (χ1v) is 8.01. The lowest BCUT2D eigenvalue weighted by molar-refractivity contribution is 0.147. The third kappa shape index (κ3) is 4.30. The lowest BCUT2D eigenvalue weighted by atomic mass is 9.95. The van der Waals surface area contributed by atoms with Gasteiger partial charge in [0, 0.05) is 17.6 Å². The summed E-state index contributed by atoms with van der Waals surface area (Å²) in [4.78, 5) is 2.49. The summed E-state index contributed by atoms with van der Waals surface area (Å²) in [6.07, 6.45) is 1.78. The molecule has 1 N–H and O–H groups in total. The Labute approximate surface area is 124 Å². The minimum atomic E-state index is -0.351. The van der Waals surface area contributed by atoms with Gasteiger partial charge in [0.05, 0.1) is 6.10 Å². The Hall–Kier alpha value is -0.380. The van der Waals surface area contributed by atoms with E-state index in [2.05, 4.69) is 34.7 Å². The Balaban J connectivity index is 1.80. The van der Waals surface area contributed by atoms with Crippen LogP contribution >= 0.6 is 15.9 Å². The van der Waals surface area contributed by atoms with Gasteiger partial charge in [0.2, 0.25) is 0 Å². The van der Waals surface area contributed by atoms with Gasteiger partial charge in [-0.25, -0.2) is 0 Å². The van der Waals surface area contributed by atoms with E-state index >= 15 is 0 Å². The minimum absolute atomic E-state index is 0.351. The smallest absolute Gasteiger partial charge is 0.0802 e. The lowest BCUT2D eigenvalue weighted by Gasteiger charge is -2.19. The summed E-state index contributed by atoms with van der Waals surface area (Å²) in [6, 6.07) is 7.97. The van der Waals surface area contributed by atoms with Crippen LogP contribution in [0.1, 0.15) is 38.4 Å². The quantitative estimate of drug-likeness (QED) is 0.888. The number of aliphatic hydroxyl groups excluding tert-OH is 1. The summed E-state index contributed by atoms with van der Waals surface area (Å²) in [5, 5.41) is 10.2. The van der Waals surface area contributed by atoms with Crippen molar-refractivity contribution in [3.8, 4) is 0 Å². The Morgan fingerprint density at radius 2 is 2.21 bits per heavy atom. The highest BCUT2D eigenvalue weighted by Crippen LogP contribution is 2.25. The van der Waals surface area contributed by atoms with Crippen molar-refractivity contribution < 1.29 is 5.11 Å². The van der Waals surface area contributed by atoms with Gasteiger partial charge in [-0.3, -0.25) is 0 Å². The number of hydrogen-bond donors (Lipinski definition) is 1. The fraction of sp³-hybridized carbons (Fsp3) is 0.625. The van der Waals surface area contributed by atoms with E-state index in [4.69, 9.17) is 0 Å². The molecular formula is C16H24BrNO. The molecule has 1 aliphatic rings. The van der Waals surface area contributed by atoms with Gasteiger partial charge in [0.25, 0.3) is 0 Å². The molecule has 0 radical (unpaired) electrons. The highest BCUT2D eigenvalue weighted by molar-refractivity contribution is 9.10. The standard InChI is InChI=1S/C16H24BrNO/c1-12(2)14-6-8-18(11-14)9-7-16(19)13-4-3-5-15(17)10-13/h3-5,10,12,14,16,19H,6-9,11H2,1-2H3. The maximum Gasteiger partial charge on any atom is 0.0802 e. The number of halogens is 1. The number of likely N-dealkylation sites (tertiary alicyclic amines) is 1. The topological polar surface area (TPSA) is 23.5 Å². The first-order valence-electron chi connectivity index (χ1n) is 7.22. The number of rotatable bonds is 5. The summed E-state index contributed by atoms with van der Waals surface area (Å²) >= 11 is 3.45. The summed E-state index contributed by atoms with van der Waals surface area (Å²) < 4.78 is 1.03. The van der Waals surface area contributed by atoms with Crippen molar-refractivity contribution in [2.45, 2.75) is 32.8 Å². The van der Waals surface area contributed by atoms with E-state index in [0.29, 0.717) is 0 Å². The fourth-order valence-corrected chi connectivity index (χ4v) is 3.21. The lowest BCUT2D eigenvalue weighted by Crippen LogP contribution is -2.24. The van der Waals surface area contributed by atoms with E-state index in [-0.39, 0.29) is 6.10 Å². The highest BCUT2D eigenvalue weighted by atomic mass is 79.9. The zero-order valence-corrected chi connectivity index (χ0v) is 13.4. The first kappa shape index (κ1) is 15.0. The highest BCUT2D eigenvalue weighted by Gasteiger charge is 2.24. The monoisotopic (exact) mass is 325 g/mol. The maximum atomic E-state index is 10.2. The molecule has 0 saturated carbocycles. The Kier molecular flexibility index (Phi) is 5.43. The van der Waals surface area contributed by atoms with Gasteiger partial charge < -0.3 is 10.0 Å². The first-order chi connectivity index (χ1) is 9.06. The van der Waals surface area contributed by atoms with Gasteiger partial charge in [-0.2, -0.15) is 0 Å². The Bertz CT molecular complexity index is 407.